The van der Waals surface area contributed by atoms with Crippen LogP contribution in [0.15, 0.2) is 27.1 Å². The lowest BCUT2D eigenvalue weighted by Gasteiger charge is -2.19. The van der Waals surface area contributed by atoms with E-state index in [1.165, 1.54) is 0 Å². The van der Waals surface area contributed by atoms with Gasteiger partial charge in [-0.05, 0) is 74.5 Å². The summed E-state index contributed by atoms with van der Waals surface area (Å²) in [4.78, 5) is 12.6. The fraction of sp³-hybridized carbons (Fsp3) is 0.188. The summed E-state index contributed by atoms with van der Waals surface area (Å²) in [7, 11) is 0. The zero-order valence-corrected chi connectivity index (χ0v) is 17.1. The molecule has 0 unspecified atom stereocenters. The maximum absolute atomic E-state index is 12.6. The van der Waals surface area contributed by atoms with Crippen molar-refractivity contribution in [3.63, 3.8) is 0 Å². The molecule has 0 atom stereocenters. The second-order valence-corrected chi connectivity index (χ2v) is 7.38. The first-order valence-corrected chi connectivity index (χ1v) is 9.14. The van der Waals surface area contributed by atoms with Crippen LogP contribution < -0.4 is 11.1 Å². The number of halogens is 4. The van der Waals surface area contributed by atoms with E-state index in [9.17, 15) is 4.79 Å². The number of nitrogens with one attached hydrogen (secondary N) is 1. The number of benzene rings is 2. The molecule has 2 aromatic rings. The Morgan fingerprint density at radius 3 is 2.52 bits per heavy atom. The Labute approximate surface area is 161 Å². The molecule has 3 N–H and O–H groups in total. The van der Waals surface area contributed by atoms with Crippen molar-refractivity contribution in [3.05, 3.63) is 53.9 Å². The molecule has 0 aliphatic rings. The monoisotopic (exact) mass is 478 g/mol. The molecule has 2 rings (SSSR count). The zero-order chi connectivity index (χ0) is 17.3. The summed E-state index contributed by atoms with van der Waals surface area (Å²) in [5.41, 5.74) is 9.49. The Kier molecular flexibility index (Phi) is 6.00. The van der Waals surface area contributed by atoms with Crippen molar-refractivity contribution in [2.45, 2.75) is 20.3 Å². The van der Waals surface area contributed by atoms with Gasteiger partial charge in [0, 0.05) is 19.7 Å². The average molecular weight is 481 g/mol. The second kappa shape index (κ2) is 7.43. The maximum Gasteiger partial charge on any atom is 0.257 e. The quantitative estimate of drug-likeness (QED) is 0.512. The van der Waals surface area contributed by atoms with Gasteiger partial charge in [0.25, 0.3) is 5.91 Å². The highest BCUT2D eigenvalue weighted by Crippen LogP contribution is 2.41. The topological polar surface area (TPSA) is 55.1 Å². The summed E-state index contributed by atoms with van der Waals surface area (Å²) in [6.45, 7) is 3.89. The van der Waals surface area contributed by atoms with E-state index in [1.807, 2.05) is 13.8 Å². The molecule has 0 aliphatic heterocycles. The molecule has 0 fully saturated rings. The zero-order valence-electron chi connectivity index (χ0n) is 12.4. The minimum Gasteiger partial charge on any atom is -0.397 e. The number of anilines is 2. The normalized spacial score (nSPS) is 10.7. The molecule has 2 aromatic carbocycles. The molecular weight excluding hydrogens is 467 g/mol. The number of amides is 1. The first kappa shape index (κ1) is 18.6. The van der Waals surface area contributed by atoms with Crippen molar-refractivity contribution in [3.8, 4) is 0 Å². The average Bonchev–Trinajstić information content (AvgIpc) is 2.53. The van der Waals surface area contributed by atoms with Gasteiger partial charge in [0.1, 0.15) is 0 Å². The van der Waals surface area contributed by atoms with Crippen LogP contribution in [0.25, 0.3) is 0 Å². The summed E-state index contributed by atoms with van der Waals surface area (Å²) in [5.74, 6) is -0.320. The molecule has 0 saturated carbocycles. The Hall–Kier alpha value is -0.750. The van der Waals surface area contributed by atoms with Gasteiger partial charge in [-0.25, -0.2) is 0 Å². The molecule has 0 bridgehead atoms. The van der Waals surface area contributed by atoms with Gasteiger partial charge in [-0.15, -0.1) is 0 Å². The van der Waals surface area contributed by atoms with E-state index in [4.69, 9.17) is 28.9 Å². The van der Waals surface area contributed by atoms with Crippen LogP contribution in [0.5, 0.6) is 0 Å². The van der Waals surface area contributed by atoms with Gasteiger partial charge in [0.2, 0.25) is 0 Å². The molecule has 7 heteroatoms. The Bertz CT molecular complexity index is 794. The van der Waals surface area contributed by atoms with Crippen LogP contribution >= 0.6 is 55.1 Å². The predicted octanol–water partition coefficient (Wildman–Crippen LogP) is 6.22. The second-order valence-electron chi connectivity index (χ2n) is 4.95. The van der Waals surface area contributed by atoms with Crippen LogP contribution in [0.3, 0.4) is 0 Å². The molecule has 0 saturated heterocycles. The smallest absolute Gasteiger partial charge is 0.257 e. The predicted molar refractivity (Wildman–Crippen MR) is 105 cm³/mol. The molecular formula is C16H14Br2Cl2N2O. The molecule has 23 heavy (non-hydrogen) atoms. The molecule has 0 spiro atoms. The van der Waals surface area contributed by atoms with Gasteiger partial charge in [-0.2, -0.15) is 0 Å². The third kappa shape index (κ3) is 3.68. The SMILES string of the molecule is CCc1c(Br)c(N)c(Br)c(C)c1NC(=O)c1cc(Cl)ccc1Cl. The summed E-state index contributed by atoms with van der Waals surface area (Å²) in [6.07, 6.45) is 0.706. The van der Waals surface area contributed by atoms with Gasteiger partial charge in [-0.1, -0.05) is 30.1 Å². The van der Waals surface area contributed by atoms with Gasteiger partial charge < -0.3 is 11.1 Å². The highest BCUT2D eigenvalue weighted by Gasteiger charge is 2.20. The van der Waals surface area contributed by atoms with Gasteiger partial charge >= 0.3 is 0 Å². The van der Waals surface area contributed by atoms with Crippen LogP contribution in [0.1, 0.15) is 28.4 Å². The highest BCUT2D eigenvalue weighted by atomic mass is 79.9. The van der Waals surface area contributed by atoms with Crippen molar-refractivity contribution in [2.75, 3.05) is 11.1 Å². The van der Waals surface area contributed by atoms with E-state index in [-0.39, 0.29) is 5.91 Å². The first-order chi connectivity index (χ1) is 10.8. The highest BCUT2D eigenvalue weighted by molar-refractivity contribution is 9.11. The van der Waals surface area contributed by atoms with E-state index < -0.39 is 0 Å². The van der Waals surface area contributed by atoms with Crippen molar-refractivity contribution >= 4 is 72.3 Å². The summed E-state index contributed by atoms with van der Waals surface area (Å²) in [6, 6.07) is 4.78. The number of carbonyl (C=O) groups is 1. The lowest BCUT2D eigenvalue weighted by atomic mass is 10.0. The Morgan fingerprint density at radius 1 is 1.26 bits per heavy atom. The van der Waals surface area contributed by atoms with Crippen molar-refractivity contribution in [1.29, 1.82) is 0 Å². The molecule has 0 aromatic heterocycles. The number of nitrogen functional groups attached to an aromatic ring is 1. The van der Waals surface area contributed by atoms with E-state index in [0.29, 0.717) is 33.4 Å². The first-order valence-electron chi connectivity index (χ1n) is 6.80. The largest absolute Gasteiger partial charge is 0.397 e. The van der Waals surface area contributed by atoms with Crippen LogP contribution in [-0.4, -0.2) is 5.91 Å². The van der Waals surface area contributed by atoms with Crippen molar-refractivity contribution in [1.82, 2.24) is 0 Å². The van der Waals surface area contributed by atoms with E-state index in [1.54, 1.807) is 18.2 Å². The van der Waals surface area contributed by atoms with Gasteiger partial charge in [0.15, 0.2) is 0 Å². The van der Waals surface area contributed by atoms with Crippen molar-refractivity contribution in [2.24, 2.45) is 0 Å². The van der Waals surface area contributed by atoms with Crippen LogP contribution in [0.2, 0.25) is 10.0 Å². The Morgan fingerprint density at radius 2 is 1.91 bits per heavy atom. The third-order valence-corrected chi connectivity index (χ3v) is 6.00. The van der Waals surface area contributed by atoms with Crippen molar-refractivity contribution < 1.29 is 4.79 Å². The standard InChI is InChI=1S/C16H14Br2Cl2N2O/c1-3-9-13(18)14(21)12(17)7(2)15(9)22-16(23)10-6-8(19)4-5-11(10)20/h4-6H,3,21H2,1-2H3,(H,22,23). The fourth-order valence-corrected chi connectivity index (χ4v) is 3.98. The molecule has 122 valence electrons. The molecule has 0 aliphatic carbocycles. The number of hydrogen-bond donors (Lipinski definition) is 2. The van der Waals surface area contributed by atoms with Crippen LogP contribution in [0, 0.1) is 6.92 Å². The van der Waals surface area contributed by atoms with Gasteiger partial charge in [0.05, 0.1) is 16.3 Å². The summed E-state index contributed by atoms with van der Waals surface area (Å²) in [5, 5.41) is 3.72. The number of carbonyl (C=O) groups excluding carboxylic acids is 1. The Balaban J connectivity index is 2.52. The lowest BCUT2D eigenvalue weighted by molar-refractivity contribution is 0.102. The number of rotatable bonds is 3. The van der Waals surface area contributed by atoms with E-state index in [0.717, 1.165) is 20.1 Å². The fourth-order valence-electron chi connectivity index (χ4n) is 2.26. The summed E-state index contributed by atoms with van der Waals surface area (Å²) >= 11 is 19.0. The number of hydrogen-bond acceptors (Lipinski definition) is 2. The van der Waals surface area contributed by atoms with E-state index in [2.05, 4.69) is 37.2 Å². The number of nitrogens with two attached hydrogens (primary N) is 1. The maximum atomic E-state index is 12.6. The van der Waals surface area contributed by atoms with Crippen LogP contribution in [-0.2, 0) is 6.42 Å². The summed E-state index contributed by atoms with van der Waals surface area (Å²) < 4.78 is 1.51. The van der Waals surface area contributed by atoms with Gasteiger partial charge in [-0.3, -0.25) is 4.79 Å². The lowest BCUT2D eigenvalue weighted by Crippen LogP contribution is -2.16. The third-order valence-electron chi connectivity index (χ3n) is 3.51. The van der Waals surface area contributed by atoms with E-state index >= 15 is 0 Å². The minimum atomic E-state index is -0.320. The molecule has 0 heterocycles. The molecule has 1 amide bonds. The minimum absolute atomic E-state index is 0.320. The molecule has 0 radical (unpaired) electrons. The molecule has 3 nitrogen and oxygen atoms in total. The van der Waals surface area contributed by atoms with Crippen LogP contribution in [0.4, 0.5) is 11.4 Å².